The maximum Gasteiger partial charge on any atom is 0.321 e. The number of amides is 3. The van der Waals surface area contributed by atoms with E-state index in [1.807, 2.05) is 0 Å². The molecule has 1 aromatic carbocycles. The molecule has 1 aromatic rings. The van der Waals surface area contributed by atoms with Crippen LogP contribution in [0.15, 0.2) is 29.2 Å². The molecule has 0 saturated heterocycles. The highest BCUT2D eigenvalue weighted by atomic mass is 35.7. The van der Waals surface area contributed by atoms with Crippen LogP contribution in [-0.4, -0.2) is 33.5 Å². The molecule has 0 radical (unpaired) electrons. The van der Waals surface area contributed by atoms with E-state index in [4.69, 9.17) is 15.4 Å². The molecule has 0 aliphatic rings. The van der Waals surface area contributed by atoms with Gasteiger partial charge in [-0.2, -0.15) is 0 Å². The van der Waals surface area contributed by atoms with Crippen LogP contribution in [0.4, 0.5) is 4.79 Å². The maximum absolute atomic E-state index is 11.5. The third-order valence-corrected chi connectivity index (χ3v) is 3.62. The first kappa shape index (κ1) is 16.3. The highest BCUT2D eigenvalue weighted by Gasteiger charge is 2.17. The standard InChI is InChI=1S/C11H13ClN2O5S/c1-7(10(15)14-11(16)13-2)19-8-3-5-9(6-4-8)20(12,17)18/h3-7H,1-2H3,(H2,13,14,15,16). The van der Waals surface area contributed by atoms with Crippen LogP contribution in [0.3, 0.4) is 0 Å². The molecule has 1 atom stereocenters. The van der Waals surface area contributed by atoms with Crippen LogP contribution in [0.25, 0.3) is 0 Å². The maximum atomic E-state index is 11.5. The van der Waals surface area contributed by atoms with Gasteiger partial charge in [0.25, 0.3) is 15.0 Å². The lowest BCUT2D eigenvalue weighted by molar-refractivity contribution is -0.126. The molecule has 9 heteroatoms. The monoisotopic (exact) mass is 320 g/mol. The summed E-state index contributed by atoms with van der Waals surface area (Å²) >= 11 is 0. The van der Waals surface area contributed by atoms with Crippen molar-refractivity contribution in [1.29, 1.82) is 0 Å². The molecular weight excluding hydrogens is 308 g/mol. The van der Waals surface area contributed by atoms with Gasteiger partial charge < -0.3 is 10.1 Å². The topological polar surface area (TPSA) is 102 Å². The van der Waals surface area contributed by atoms with Crippen LogP contribution in [0.5, 0.6) is 5.75 Å². The van der Waals surface area contributed by atoms with Gasteiger partial charge in [-0.1, -0.05) is 0 Å². The van der Waals surface area contributed by atoms with Crippen molar-refractivity contribution in [3.8, 4) is 5.75 Å². The SMILES string of the molecule is CNC(=O)NC(=O)C(C)Oc1ccc(S(=O)(=O)Cl)cc1. The normalized spacial score (nSPS) is 12.3. The van der Waals surface area contributed by atoms with Gasteiger partial charge >= 0.3 is 6.03 Å². The summed E-state index contributed by atoms with van der Waals surface area (Å²) in [4.78, 5) is 22.4. The van der Waals surface area contributed by atoms with E-state index >= 15 is 0 Å². The second kappa shape index (κ2) is 6.58. The molecule has 1 rings (SSSR count). The fourth-order valence-corrected chi connectivity index (χ4v) is 1.98. The lowest BCUT2D eigenvalue weighted by Crippen LogP contribution is -2.43. The van der Waals surface area contributed by atoms with Crippen LogP contribution in [0, 0.1) is 0 Å². The molecule has 0 fully saturated rings. The van der Waals surface area contributed by atoms with Gasteiger partial charge in [0, 0.05) is 17.7 Å². The molecule has 110 valence electrons. The summed E-state index contributed by atoms with van der Waals surface area (Å²) in [5, 5.41) is 4.29. The van der Waals surface area contributed by atoms with Gasteiger partial charge in [-0.05, 0) is 31.2 Å². The second-order valence-electron chi connectivity index (χ2n) is 3.74. The first-order valence-electron chi connectivity index (χ1n) is 5.48. The molecule has 0 aliphatic heterocycles. The largest absolute Gasteiger partial charge is 0.481 e. The lowest BCUT2D eigenvalue weighted by atomic mass is 10.3. The summed E-state index contributed by atoms with van der Waals surface area (Å²) in [5.41, 5.74) is 0. The number of rotatable bonds is 4. The minimum absolute atomic E-state index is 0.0750. The zero-order chi connectivity index (χ0) is 15.3. The molecule has 0 heterocycles. The summed E-state index contributed by atoms with van der Waals surface area (Å²) in [7, 11) is 2.74. The minimum atomic E-state index is -3.80. The van der Waals surface area contributed by atoms with Gasteiger partial charge in [0.15, 0.2) is 6.10 Å². The second-order valence-corrected chi connectivity index (χ2v) is 6.30. The highest BCUT2D eigenvalue weighted by Crippen LogP contribution is 2.19. The van der Waals surface area contributed by atoms with Crippen LogP contribution in [0.2, 0.25) is 0 Å². The number of hydrogen-bond donors (Lipinski definition) is 2. The van der Waals surface area contributed by atoms with Crippen molar-refractivity contribution in [3.63, 3.8) is 0 Å². The van der Waals surface area contributed by atoms with Crippen molar-refractivity contribution >= 4 is 31.7 Å². The summed E-state index contributed by atoms with van der Waals surface area (Å²) in [6.45, 7) is 1.45. The molecule has 0 aromatic heterocycles. The van der Waals surface area contributed by atoms with E-state index in [1.54, 1.807) is 0 Å². The quantitative estimate of drug-likeness (QED) is 0.800. The number of imide groups is 1. The Morgan fingerprint density at radius 2 is 1.80 bits per heavy atom. The Hall–Kier alpha value is -1.80. The van der Waals surface area contributed by atoms with Gasteiger partial charge in [0.2, 0.25) is 0 Å². The minimum Gasteiger partial charge on any atom is -0.481 e. The van der Waals surface area contributed by atoms with Crippen LogP contribution < -0.4 is 15.4 Å². The summed E-state index contributed by atoms with van der Waals surface area (Å²) < 4.78 is 27.3. The zero-order valence-corrected chi connectivity index (χ0v) is 12.3. The number of nitrogens with one attached hydrogen (secondary N) is 2. The van der Waals surface area contributed by atoms with Gasteiger partial charge in [0.1, 0.15) is 5.75 Å². The van der Waals surface area contributed by atoms with Gasteiger partial charge in [0.05, 0.1) is 4.90 Å². The number of urea groups is 1. The molecule has 0 aliphatic carbocycles. The average Bonchev–Trinajstić information content (AvgIpc) is 2.38. The third kappa shape index (κ3) is 4.71. The molecular formula is C11H13ClN2O5S. The van der Waals surface area contributed by atoms with E-state index in [0.29, 0.717) is 0 Å². The molecule has 20 heavy (non-hydrogen) atoms. The predicted octanol–water partition coefficient (Wildman–Crippen LogP) is 0.837. The van der Waals surface area contributed by atoms with Crippen molar-refractivity contribution in [1.82, 2.24) is 10.6 Å². The number of carbonyl (C=O) groups excluding carboxylic acids is 2. The number of halogens is 1. The van der Waals surface area contributed by atoms with E-state index in [1.165, 1.54) is 38.2 Å². The number of carbonyl (C=O) groups is 2. The first-order chi connectivity index (χ1) is 9.24. The van der Waals surface area contributed by atoms with Crippen LogP contribution >= 0.6 is 10.7 Å². The van der Waals surface area contributed by atoms with E-state index < -0.39 is 27.1 Å². The Bertz CT molecular complexity index is 600. The fraction of sp³-hybridized carbons (Fsp3) is 0.273. The highest BCUT2D eigenvalue weighted by molar-refractivity contribution is 8.13. The van der Waals surface area contributed by atoms with Crippen molar-refractivity contribution in [2.24, 2.45) is 0 Å². The molecule has 7 nitrogen and oxygen atoms in total. The van der Waals surface area contributed by atoms with Crippen molar-refractivity contribution < 1.29 is 22.7 Å². The van der Waals surface area contributed by atoms with Crippen LogP contribution in [-0.2, 0) is 13.8 Å². The number of hydrogen-bond acceptors (Lipinski definition) is 5. The number of ether oxygens (including phenoxy) is 1. The predicted molar refractivity (Wildman–Crippen MR) is 72.2 cm³/mol. The van der Waals surface area contributed by atoms with Crippen molar-refractivity contribution in [2.45, 2.75) is 17.9 Å². The Balaban J connectivity index is 2.69. The Morgan fingerprint density at radius 3 is 2.25 bits per heavy atom. The van der Waals surface area contributed by atoms with E-state index in [9.17, 15) is 18.0 Å². The summed E-state index contributed by atoms with van der Waals surface area (Å²) in [6.07, 6.45) is -0.925. The van der Waals surface area contributed by atoms with Crippen LogP contribution in [0.1, 0.15) is 6.92 Å². The summed E-state index contributed by atoms with van der Waals surface area (Å²) in [6, 6.07) is 4.58. The van der Waals surface area contributed by atoms with E-state index in [-0.39, 0.29) is 10.6 Å². The van der Waals surface area contributed by atoms with Crippen molar-refractivity contribution in [3.05, 3.63) is 24.3 Å². The molecule has 0 saturated carbocycles. The Labute approximate surface area is 120 Å². The molecule has 3 amide bonds. The van der Waals surface area contributed by atoms with E-state index in [0.717, 1.165) is 0 Å². The molecule has 1 unspecified atom stereocenters. The molecule has 2 N–H and O–H groups in total. The molecule has 0 spiro atoms. The van der Waals surface area contributed by atoms with E-state index in [2.05, 4.69) is 10.6 Å². The summed E-state index contributed by atoms with van der Waals surface area (Å²) in [5.74, 6) is -0.355. The average molecular weight is 321 g/mol. The number of benzene rings is 1. The third-order valence-electron chi connectivity index (χ3n) is 2.25. The Morgan fingerprint density at radius 1 is 1.25 bits per heavy atom. The fourth-order valence-electron chi connectivity index (χ4n) is 1.21. The Kier molecular flexibility index (Phi) is 5.34. The lowest BCUT2D eigenvalue weighted by Gasteiger charge is -2.14. The van der Waals surface area contributed by atoms with Crippen molar-refractivity contribution in [2.75, 3.05) is 7.05 Å². The first-order valence-corrected chi connectivity index (χ1v) is 7.79. The van der Waals surface area contributed by atoms with Gasteiger partial charge in [-0.3, -0.25) is 10.1 Å². The van der Waals surface area contributed by atoms with Gasteiger partial charge in [-0.25, -0.2) is 13.2 Å². The zero-order valence-electron chi connectivity index (χ0n) is 10.7. The smallest absolute Gasteiger partial charge is 0.321 e. The van der Waals surface area contributed by atoms with Gasteiger partial charge in [-0.15, -0.1) is 0 Å². The molecule has 0 bridgehead atoms.